The first-order valence-electron chi connectivity index (χ1n) is 8.71. The maximum atomic E-state index is 12.4. The van der Waals surface area contributed by atoms with E-state index in [1.165, 1.54) is 50.1 Å². The summed E-state index contributed by atoms with van der Waals surface area (Å²) in [6, 6.07) is 2.96. The van der Waals surface area contributed by atoms with Crippen LogP contribution < -0.4 is 10.6 Å². The number of nitrogens with zero attached hydrogens (tertiary/aromatic N) is 1. The molecule has 2 bridgehead atoms. The molecule has 0 radical (unpaired) electrons. The molecule has 4 atom stereocenters. The minimum Gasteiger partial charge on any atom is -0.350 e. The van der Waals surface area contributed by atoms with Gasteiger partial charge in [0.1, 0.15) is 4.88 Å². The lowest BCUT2D eigenvalue weighted by Crippen LogP contribution is -2.65. The van der Waals surface area contributed by atoms with Crippen LogP contribution in [0, 0.1) is 11.8 Å². The van der Waals surface area contributed by atoms with Crippen molar-refractivity contribution >= 4 is 28.8 Å². The molecule has 2 N–H and O–H groups in total. The highest BCUT2D eigenvalue weighted by atomic mass is 35.5. The molecule has 3 aliphatic rings. The summed E-state index contributed by atoms with van der Waals surface area (Å²) < 4.78 is 0. The average Bonchev–Trinajstić information content (AvgIpc) is 3.01. The zero-order chi connectivity index (χ0) is 15.8. The van der Waals surface area contributed by atoms with Crippen LogP contribution in [0.15, 0.2) is 11.4 Å². The molecule has 1 aromatic heterocycles. The molecule has 1 amide bonds. The predicted octanol–water partition coefficient (Wildman–Crippen LogP) is 2.59. The van der Waals surface area contributed by atoms with Gasteiger partial charge in [0.25, 0.3) is 5.91 Å². The van der Waals surface area contributed by atoms with Gasteiger partial charge in [0.2, 0.25) is 0 Å². The van der Waals surface area contributed by atoms with E-state index in [4.69, 9.17) is 11.6 Å². The van der Waals surface area contributed by atoms with Crippen molar-refractivity contribution < 1.29 is 4.79 Å². The summed E-state index contributed by atoms with van der Waals surface area (Å²) in [6.45, 7) is 4.18. The fourth-order valence-electron chi connectivity index (χ4n) is 4.78. The van der Waals surface area contributed by atoms with Gasteiger partial charge in [-0.05, 0) is 62.2 Å². The number of piperidine rings is 3. The molecular formula is C17H24ClN3OS. The maximum absolute atomic E-state index is 12.4. The van der Waals surface area contributed by atoms with Crippen molar-refractivity contribution in [2.24, 2.45) is 11.8 Å². The SMILES string of the molecule is O=C(NC[C@H]1[C@@H]2CNC[C@@H](C2)[C@@H]2CCCCN21)c1sccc1Cl. The number of amides is 1. The quantitative estimate of drug-likeness (QED) is 0.877. The molecule has 23 heavy (non-hydrogen) atoms. The van der Waals surface area contributed by atoms with Gasteiger partial charge in [-0.1, -0.05) is 18.0 Å². The van der Waals surface area contributed by atoms with Crippen LogP contribution in [0.1, 0.15) is 35.4 Å². The fourth-order valence-corrected chi connectivity index (χ4v) is 5.84. The minimum atomic E-state index is -0.0237. The van der Waals surface area contributed by atoms with Gasteiger partial charge in [0.05, 0.1) is 5.02 Å². The Morgan fingerprint density at radius 2 is 2.26 bits per heavy atom. The zero-order valence-electron chi connectivity index (χ0n) is 13.3. The van der Waals surface area contributed by atoms with E-state index in [0.717, 1.165) is 19.0 Å². The number of hydrogen-bond acceptors (Lipinski definition) is 4. The smallest absolute Gasteiger partial charge is 0.262 e. The highest BCUT2D eigenvalue weighted by Gasteiger charge is 2.45. The molecule has 0 saturated carbocycles. The van der Waals surface area contributed by atoms with E-state index in [2.05, 4.69) is 15.5 Å². The number of hydrogen-bond donors (Lipinski definition) is 2. The van der Waals surface area contributed by atoms with Gasteiger partial charge in [-0.25, -0.2) is 0 Å². The molecule has 0 aromatic carbocycles. The molecule has 4 nitrogen and oxygen atoms in total. The third kappa shape index (κ3) is 3.04. The summed E-state index contributed by atoms with van der Waals surface area (Å²) >= 11 is 7.50. The second-order valence-electron chi connectivity index (χ2n) is 7.09. The fraction of sp³-hybridized carbons (Fsp3) is 0.706. The highest BCUT2D eigenvalue weighted by molar-refractivity contribution is 7.12. The van der Waals surface area contributed by atoms with Gasteiger partial charge >= 0.3 is 0 Å². The molecule has 3 aliphatic heterocycles. The minimum absolute atomic E-state index is 0.0237. The second kappa shape index (κ2) is 6.71. The first-order chi connectivity index (χ1) is 11.2. The second-order valence-corrected chi connectivity index (χ2v) is 8.41. The maximum Gasteiger partial charge on any atom is 0.262 e. The molecule has 6 heteroatoms. The molecular weight excluding hydrogens is 330 g/mol. The zero-order valence-corrected chi connectivity index (χ0v) is 14.8. The van der Waals surface area contributed by atoms with Crippen LogP contribution in [0.25, 0.3) is 0 Å². The van der Waals surface area contributed by atoms with E-state index >= 15 is 0 Å². The van der Waals surface area contributed by atoms with Crippen molar-refractivity contribution in [2.45, 2.75) is 37.8 Å². The van der Waals surface area contributed by atoms with E-state index in [1.54, 1.807) is 6.07 Å². The summed E-state index contributed by atoms with van der Waals surface area (Å²) in [5.41, 5.74) is 0. The van der Waals surface area contributed by atoms with Crippen molar-refractivity contribution in [3.63, 3.8) is 0 Å². The summed E-state index contributed by atoms with van der Waals surface area (Å²) in [7, 11) is 0. The van der Waals surface area contributed by atoms with Gasteiger partial charge < -0.3 is 10.6 Å². The van der Waals surface area contributed by atoms with E-state index in [1.807, 2.05) is 5.38 Å². The molecule has 3 saturated heterocycles. The Labute approximate surface area is 146 Å². The summed E-state index contributed by atoms with van der Waals surface area (Å²) in [5, 5.41) is 9.20. The van der Waals surface area contributed by atoms with Gasteiger partial charge in [-0.2, -0.15) is 0 Å². The van der Waals surface area contributed by atoms with Crippen LogP contribution >= 0.6 is 22.9 Å². The van der Waals surface area contributed by atoms with Crippen LogP contribution in [0.5, 0.6) is 0 Å². The number of fused-ring (bicyclic) bond motifs is 4. The van der Waals surface area contributed by atoms with Gasteiger partial charge in [0.15, 0.2) is 0 Å². The van der Waals surface area contributed by atoms with Crippen LogP contribution in [-0.2, 0) is 0 Å². The van der Waals surface area contributed by atoms with Crippen LogP contribution in [-0.4, -0.2) is 49.1 Å². The molecule has 4 rings (SSSR count). The monoisotopic (exact) mass is 353 g/mol. The van der Waals surface area contributed by atoms with Crippen LogP contribution in [0.3, 0.4) is 0 Å². The van der Waals surface area contributed by atoms with Crippen molar-refractivity contribution in [3.05, 3.63) is 21.3 Å². The first kappa shape index (κ1) is 15.9. The Morgan fingerprint density at radius 1 is 1.39 bits per heavy atom. The predicted molar refractivity (Wildman–Crippen MR) is 94.3 cm³/mol. The molecule has 0 unspecified atom stereocenters. The van der Waals surface area contributed by atoms with Crippen LogP contribution in [0.2, 0.25) is 5.02 Å². The van der Waals surface area contributed by atoms with E-state index in [-0.39, 0.29) is 5.91 Å². The standard InChI is InChI=1S/C17H24ClN3OS/c18-13-4-6-23-16(13)17(22)20-10-15-12-7-11(8-19-9-12)14-3-1-2-5-21(14)15/h4,6,11-12,14-15,19H,1-3,5,7-10H2,(H,20,22)/t11-,12+,14+,15+/m1/s1. The van der Waals surface area contributed by atoms with Gasteiger partial charge in [0, 0.05) is 18.6 Å². The number of rotatable bonds is 3. The number of nitrogens with one attached hydrogen (secondary N) is 2. The number of thiophene rings is 1. The number of carbonyl (C=O) groups excluding carboxylic acids is 1. The Kier molecular flexibility index (Phi) is 4.63. The molecule has 0 spiro atoms. The summed E-state index contributed by atoms with van der Waals surface area (Å²) in [6.07, 6.45) is 5.28. The van der Waals surface area contributed by atoms with Gasteiger partial charge in [-0.15, -0.1) is 11.3 Å². The van der Waals surface area contributed by atoms with E-state index in [0.29, 0.717) is 27.9 Å². The number of halogens is 1. The lowest BCUT2D eigenvalue weighted by molar-refractivity contribution is -0.0371. The highest BCUT2D eigenvalue weighted by Crippen LogP contribution is 2.38. The lowest BCUT2D eigenvalue weighted by Gasteiger charge is -2.55. The van der Waals surface area contributed by atoms with E-state index < -0.39 is 0 Å². The normalized spacial score (nSPS) is 34.0. The van der Waals surface area contributed by atoms with Gasteiger partial charge in [-0.3, -0.25) is 9.69 Å². The third-order valence-corrected chi connectivity index (χ3v) is 7.16. The number of carbonyl (C=O) groups is 1. The molecule has 1 aromatic rings. The molecule has 0 aliphatic carbocycles. The Bertz CT molecular complexity index is 578. The Balaban J connectivity index is 1.46. The molecule has 4 heterocycles. The summed E-state index contributed by atoms with van der Waals surface area (Å²) in [5.74, 6) is 1.43. The summed E-state index contributed by atoms with van der Waals surface area (Å²) in [4.78, 5) is 15.7. The van der Waals surface area contributed by atoms with Crippen molar-refractivity contribution in [1.82, 2.24) is 15.5 Å². The van der Waals surface area contributed by atoms with E-state index in [9.17, 15) is 4.79 Å². The third-order valence-electron chi connectivity index (χ3n) is 5.82. The Morgan fingerprint density at radius 3 is 3.09 bits per heavy atom. The largest absolute Gasteiger partial charge is 0.350 e. The first-order valence-corrected chi connectivity index (χ1v) is 9.97. The van der Waals surface area contributed by atoms with Crippen molar-refractivity contribution in [1.29, 1.82) is 0 Å². The topological polar surface area (TPSA) is 44.4 Å². The Hall–Kier alpha value is -0.620. The molecule has 3 fully saturated rings. The average molecular weight is 354 g/mol. The molecule has 126 valence electrons. The lowest BCUT2D eigenvalue weighted by atomic mass is 9.73. The van der Waals surface area contributed by atoms with Crippen molar-refractivity contribution in [2.75, 3.05) is 26.2 Å². The van der Waals surface area contributed by atoms with Crippen molar-refractivity contribution in [3.8, 4) is 0 Å². The van der Waals surface area contributed by atoms with Crippen LogP contribution in [0.4, 0.5) is 0 Å².